The van der Waals surface area contributed by atoms with E-state index in [1.807, 2.05) is 0 Å². The van der Waals surface area contributed by atoms with Crippen LogP contribution in [0.5, 0.6) is 0 Å². The fourth-order valence-electron chi connectivity index (χ4n) is 5.44. The lowest BCUT2D eigenvalue weighted by Crippen LogP contribution is -2.82. The monoisotopic (exact) mass is 832 g/mol. The van der Waals surface area contributed by atoms with E-state index in [0.717, 1.165) is 26.2 Å². The van der Waals surface area contributed by atoms with Gasteiger partial charge in [0.25, 0.3) is 0 Å². The zero-order chi connectivity index (χ0) is 28.0. The van der Waals surface area contributed by atoms with Gasteiger partial charge in [-0.2, -0.15) is 0 Å². The van der Waals surface area contributed by atoms with Crippen LogP contribution in [0.25, 0.3) is 0 Å². The molecule has 3 heterocycles. The first kappa shape index (κ1) is 33.0. The molecular weight excluding hydrogens is 792 g/mol. The van der Waals surface area contributed by atoms with Gasteiger partial charge in [0, 0.05) is 48.3 Å². The third kappa shape index (κ3) is 6.43. The molecule has 0 aromatic heterocycles. The summed E-state index contributed by atoms with van der Waals surface area (Å²) in [5.41, 5.74) is -0.731. The third-order valence-corrected chi connectivity index (χ3v) is 32.7. The molecule has 16 heteroatoms. The van der Waals surface area contributed by atoms with Crippen LogP contribution in [0.2, 0.25) is 0 Å². The molecule has 3 rings (SSSR count). The Hall–Kier alpha value is 2.47. The fraction of sp³-hybridized carbons (Fsp3) is 1.00. The van der Waals surface area contributed by atoms with Gasteiger partial charge in [0.15, 0.2) is 0 Å². The van der Waals surface area contributed by atoms with E-state index < -0.39 is 29.4 Å². The second-order valence-electron chi connectivity index (χ2n) is 13.7. The molecule has 0 atom stereocenters. The third-order valence-electron chi connectivity index (χ3n) is 6.70. The average Bonchev–Trinajstić information content (AvgIpc) is 3.08. The van der Waals surface area contributed by atoms with Crippen LogP contribution in [-0.2, 0) is 16.5 Å². The van der Waals surface area contributed by atoms with E-state index in [-0.39, 0.29) is 22.2 Å². The molecule has 8 nitrogen and oxygen atoms in total. The zero-order valence-electron chi connectivity index (χ0n) is 23.8. The molecule has 3 aliphatic rings. The van der Waals surface area contributed by atoms with Gasteiger partial charge in [0.2, 0.25) is 0 Å². The molecule has 3 aliphatic heterocycles. The summed E-state index contributed by atoms with van der Waals surface area (Å²) in [7, 11) is -6.54. The van der Waals surface area contributed by atoms with Crippen LogP contribution < -0.4 is 0 Å². The first-order valence-electron chi connectivity index (χ1n) is 12.4. The van der Waals surface area contributed by atoms with E-state index >= 15 is 0 Å². The van der Waals surface area contributed by atoms with E-state index in [0.29, 0.717) is 0 Å². The maximum atomic E-state index is 7.24. The highest BCUT2D eigenvalue weighted by molar-refractivity contribution is 9.50. The highest BCUT2D eigenvalue weighted by Crippen LogP contribution is 2.50. The van der Waals surface area contributed by atoms with Gasteiger partial charge in [-0.05, 0) is 144 Å². The summed E-state index contributed by atoms with van der Waals surface area (Å²) in [6.07, 6.45) is 0. The Morgan fingerprint density at radius 3 is 0.722 bits per heavy atom. The van der Waals surface area contributed by atoms with E-state index in [4.69, 9.17) is 16.5 Å². The van der Waals surface area contributed by atoms with Crippen LogP contribution in [0, 0.1) is 0 Å². The second kappa shape index (κ2) is 10.0. The van der Waals surface area contributed by atoms with Gasteiger partial charge in [0.05, 0.1) is 0 Å². The van der Waals surface area contributed by atoms with Crippen LogP contribution in [-0.4, -0.2) is 96.0 Å². The Morgan fingerprint density at radius 1 is 0.417 bits per heavy atom. The molecule has 0 amide bonds. The predicted octanol–water partition coefficient (Wildman–Crippen LogP) is 5.82. The Kier molecular flexibility index (Phi) is 9.19. The second-order valence-corrected chi connectivity index (χ2v) is 42.1. The minimum absolute atomic E-state index is 0.183. The van der Waals surface area contributed by atoms with Crippen molar-refractivity contribution >= 4 is 90.5 Å². The maximum absolute atomic E-state index is 7.24. The normalized spacial score (nSPS) is 28.7. The topological polar surface area (TPSA) is 49.9 Å². The van der Waals surface area contributed by atoms with Crippen molar-refractivity contribution in [3.05, 3.63) is 0 Å². The number of hydrogen-bond acceptors (Lipinski definition) is 8. The Morgan fingerprint density at radius 2 is 0.583 bits per heavy atom. The lowest BCUT2D eigenvalue weighted by molar-refractivity contribution is 0.0813. The molecular formula is C20H44Br4N4O4Si4. The SMILES string of the molecule is CC(C)(C)N1CCN(C(C)(C)C)[Si]12O[Si](Br)(Br)O[Si]1(O[Si](Br)(Br)O2)N(C(C)(C)C)CCN1C(C)(C)C. The van der Waals surface area contributed by atoms with Crippen LogP contribution in [0.1, 0.15) is 83.1 Å². The molecule has 36 heavy (non-hydrogen) atoms. The highest BCUT2D eigenvalue weighted by Gasteiger charge is 2.75. The van der Waals surface area contributed by atoms with Crippen molar-refractivity contribution in [2.45, 2.75) is 105 Å². The lowest BCUT2D eigenvalue weighted by atomic mass is 10.1. The van der Waals surface area contributed by atoms with Gasteiger partial charge in [0.1, 0.15) is 0 Å². The molecule has 3 fully saturated rings. The van der Waals surface area contributed by atoms with Crippen molar-refractivity contribution in [1.82, 2.24) is 18.3 Å². The minimum atomic E-state index is -3.27. The number of hydrogen-bond donors (Lipinski definition) is 0. The number of nitrogens with zero attached hydrogens (tertiary/aromatic N) is 4. The van der Waals surface area contributed by atoms with Crippen molar-refractivity contribution in [3.63, 3.8) is 0 Å². The van der Waals surface area contributed by atoms with Crippen molar-refractivity contribution in [2.24, 2.45) is 0 Å². The number of halogens is 4. The van der Waals surface area contributed by atoms with Gasteiger partial charge < -0.3 is 16.5 Å². The molecule has 0 aromatic rings. The fourth-order valence-corrected chi connectivity index (χ4v) is 36.8. The van der Waals surface area contributed by atoms with Gasteiger partial charge >= 0.3 is 29.4 Å². The van der Waals surface area contributed by atoms with Gasteiger partial charge in [-0.1, -0.05) is 0 Å². The van der Waals surface area contributed by atoms with Crippen molar-refractivity contribution < 1.29 is 16.5 Å². The first-order valence-corrected chi connectivity index (χ1v) is 28.5. The van der Waals surface area contributed by atoms with Crippen LogP contribution >= 0.6 is 61.2 Å². The average molecular weight is 837 g/mol. The van der Waals surface area contributed by atoms with Crippen molar-refractivity contribution in [2.75, 3.05) is 26.2 Å². The molecule has 0 unspecified atom stereocenters. The highest BCUT2D eigenvalue weighted by atomic mass is 79.9. The van der Waals surface area contributed by atoms with Crippen LogP contribution in [0.15, 0.2) is 0 Å². The molecule has 0 aliphatic carbocycles. The minimum Gasteiger partial charge on any atom is -0.374 e. The van der Waals surface area contributed by atoms with E-state index in [9.17, 15) is 0 Å². The summed E-state index contributed by atoms with van der Waals surface area (Å²) in [6, 6.07) is 0. The summed E-state index contributed by atoms with van der Waals surface area (Å²) in [5, 5.41) is 0. The van der Waals surface area contributed by atoms with Crippen LogP contribution in [0.4, 0.5) is 0 Å². The van der Waals surface area contributed by atoms with Crippen molar-refractivity contribution in [1.29, 1.82) is 0 Å². The smallest absolute Gasteiger partial charge is 0.374 e. The molecule has 212 valence electrons. The van der Waals surface area contributed by atoms with Gasteiger partial charge in [-0.3, -0.25) is 18.3 Å². The Bertz CT molecular complexity index is 714. The Balaban J connectivity index is 2.23. The molecule has 0 N–H and O–H groups in total. The molecule has 0 bridgehead atoms. The quantitative estimate of drug-likeness (QED) is 0.224. The molecule has 3 saturated heterocycles. The van der Waals surface area contributed by atoms with E-state index in [1.165, 1.54) is 0 Å². The summed E-state index contributed by atoms with van der Waals surface area (Å²) >= 11 is 15.8. The standard InChI is InChI=1S/C20H44Br4N4O4Si4/c1-17(2,3)25-13-14-26(18(4,5)6)35(25)29-33(21,22)31-36(32-34(23,24)30-35)27(19(7,8)9)15-16-28(36)20(10,11)12/h13-16H2,1-12H3. The van der Waals surface area contributed by atoms with E-state index in [1.54, 1.807) is 0 Å². The zero-order valence-corrected chi connectivity index (χ0v) is 34.1. The van der Waals surface area contributed by atoms with E-state index in [2.05, 4.69) is 163 Å². The first-order chi connectivity index (χ1) is 15.8. The number of rotatable bonds is 0. The molecule has 0 saturated carbocycles. The van der Waals surface area contributed by atoms with Gasteiger partial charge in [-0.25, -0.2) is 0 Å². The molecule has 0 radical (unpaired) electrons. The summed E-state index contributed by atoms with van der Waals surface area (Å²) in [5.74, 6) is -6.36. The van der Waals surface area contributed by atoms with Crippen LogP contribution in [0.3, 0.4) is 0 Å². The molecule has 0 aromatic carbocycles. The Labute approximate surface area is 254 Å². The predicted molar refractivity (Wildman–Crippen MR) is 169 cm³/mol. The van der Waals surface area contributed by atoms with Crippen molar-refractivity contribution in [3.8, 4) is 0 Å². The summed E-state index contributed by atoms with van der Waals surface area (Å²) in [6.45, 7) is 30.0. The lowest BCUT2D eigenvalue weighted by Gasteiger charge is -2.56. The molecule has 2 spiro atoms. The maximum Gasteiger partial charge on any atom is 0.507 e. The summed E-state index contributed by atoms with van der Waals surface area (Å²) in [4.78, 5) is 0. The largest absolute Gasteiger partial charge is 0.507 e. The van der Waals surface area contributed by atoms with Gasteiger partial charge in [-0.15, -0.1) is 0 Å². The summed E-state index contributed by atoms with van der Waals surface area (Å²) < 4.78 is 38.6.